The quantitative estimate of drug-likeness (QED) is 0.786. The molecule has 0 N–H and O–H groups in total. The van der Waals surface area contributed by atoms with E-state index in [0.29, 0.717) is 35.3 Å². The smallest absolute Gasteiger partial charge is 0.254 e. The normalized spacial score (nSPS) is 20.0. The van der Waals surface area contributed by atoms with Crippen LogP contribution in [0.4, 0.5) is 0 Å². The van der Waals surface area contributed by atoms with Crippen molar-refractivity contribution in [2.45, 2.75) is 25.3 Å². The highest BCUT2D eigenvalue weighted by Crippen LogP contribution is 2.40. The fourth-order valence-electron chi connectivity index (χ4n) is 3.31. The van der Waals surface area contributed by atoms with Crippen LogP contribution in [0.5, 0.6) is 11.5 Å². The summed E-state index contributed by atoms with van der Waals surface area (Å²) >= 11 is 8.03. The Bertz CT molecular complexity index is 747. The SMILES string of the molecule is O=C(c1cc(Cl)c2c(c1)OCCCO2)N1CCCC1c1cccs1. The summed E-state index contributed by atoms with van der Waals surface area (Å²) in [5.74, 6) is 1.11. The third-order valence-electron chi connectivity index (χ3n) is 4.43. The second-order valence-electron chi connectivity index (χ2n) is 6.01. The highest BCUT2D eigenvalue weighted by atomic mass is 35.5. The molecule has 1 atom stereocenters. The predicted molar refractivity (Wildman–Crippen MR) is 94.4 cm³/mol. The zero-order valence-electron chi connectivity index (χ0n) is 13.2. The summed E-state index contributed by atoms with van der Waals surface area (Å²) in [6.45, 7) is 1.92. The molecule has 0 saturated carbocycles. The molecule has 0 aliphatic carbocycles. The van der Waals surface area contributed by atoms with Gasteiger partial charge in [0.25, 0.3) is 5.91 Å². The van der Waals surface area contributed by atoms with Crippen LogP contribution in [0.15, 0.2) is 29.6 Å². The summed E-state index contributed by atoms with van der Waals surface area (Å²) in [4.78, 5) is 16.2. The number of nitrogens with zero attached hydrogens (tertiary/aromatic N) is 1. The van der Waals surface area contributed by atoms with Crippen molar-refractivity contribution in [3.8, 4) is 11.5 Å². The molecule has 4 rings (SSSR count). The predicted octanol–water partition coefficient (Wildman–Crippen LogP) is 4.54. The maximum absolute atomic E-state index is 13.1. The number of amides is 1. The van der Waals surface area contributed by atoms with Crippen LogP contribution in [0.25, 0.3) is 0 Å². The average Bonchev–Trinajstić information content (AvgIpc) is 3.21. The van der Waals surface area contributed by atoms with E-state index < -0.39 is 0 Å². The molecule has 2 aromatic rings. The maximum Gasteiger partial charge on any atom is 0.254 e. The zero-order chi connectivity index (χ0) is 16.5. The molecular formula is C18H18ClNO3S. The Morgan fingerprint density at radius 1 is 1.25 bits per heavy atom. The molecule has 126 valence electrons. The van der Waals surface area contributed by atoms with Gasteiger partial charge in [-0.2, -0.15) is 0 Å². The van der Waals surface area contributed by atoms with Crippen molar-refractivity contribution in [1.29, 1.82) is 0 Å². The first-order valence-electron chi connectivity index (χ1n) is 8.17. The van der Waals surface area contributed by atoms with Crippen molar-refractivity contribution < 1.29 is 14.3 Å². The van der Waals surface area contributed by atoms with E-state index in [1.807, 2.05) is 11.0 Å². The summed E-state index contributed by atoms with van der Waals surface area (Å²) in [7, 11) is 0. The van der Waals surface area contributed by atoms with Crippen LogP contribution >= 0.6 is 22.9 Å². The van der Waals surface area contributed by atoms with E-state index in [4.69, 9.17) is 21.1 Å². The van der Waals surface area contributed by atoms with Gasteiger partial charge in [0.15, 0.2) is 11.5 Å². The van der Waals surface area contributed by atoms with Crippen molar-refractivity contribution >= 4 is 28.8 Å². The maximum atomic E-state index is 13.1. The van der Waals surface area contributed by atoms with Crippen LogP contribution in [0.1, 0.15) is 40.5 Å². The Morgan fingerprint density at radius 2 is 2.12 bits per heavy atom. The molecule has 3 heterocycles. The van der Waals surface area contributed by atoms with Crippen LogP contribution in [-0.4, -0.2) is 30.6 Å². The van der Waals surface area contributed by atoms with Crippen LogP contribution in [0.3, 0.4) is 0 Å². The molecule has 0 radical (unpaired) electrons. The number of benzene rings is 1. The number of hydrogen-bond acceptors (Lipinski definition) is 4. The standard InChI is InChI=1S/C18H18ClNO3S/c19-13-10-12(11-15-17(13)23-8-3-7-22-15)18(21)20-6-1-4-14(20)16-5-2-9-24-16/h2,5,9-11,14H,1,3-4,6-8H2. The summed E-state index contributed by atoms with van der Waals surface area (Å²) in [5.41, 5.74) is 0.563. The number of fused-ring (bicyclic) bond motifs is 1. The number of hydrogen-bond donors (Lipinski definition) is 0. The van der Waals surface area contributed by atoms with Gasteiger partial charge in [0.05, 0.1) is 24.3 Å². The summed E-state index contributed by atoms with van der Waals surface area (Å²) in [6.07, 6.45) is 2.83. The lowest BCUT2D eigenvalue weighted by molar-refractivity contribution is 0.0737. The first-order valence-corrected chi connectivity index (χ1v) is 9.43. The Hall–Kier alpha value is -1.72. The Kier molecular flexibility index (Phi) is 4.37. The molecule has 1 aromatic heterocycles. The summed E-state index contributed by atoms with van der Waals surface area (Å²) < 4.78 is 11.3. The lowest BCUT2D eigenvalue weighted by Gasteiger charge is -2.24. The first kappa shape index (κ1) is 15.8. The summed E-state index contributed by atoms with van der Waals surface area (Å²) in [6, 6.07) is 7.75. The van der Waals surface area contributed by atoms with Crippen molar-refractivity contribution in [2.75, 3.05) is 19.8 Å². The third kappa shape index (κ3) is 2.87. The average molecular weight is 364 g/mol. The van der Waals surface area contributed by atoms with E-state index in [-0.39, 0.29) is 11.9 Å². The zero-order valence-corrected chi connectivity index (χ0v) is 14.7. The number of halogens is 1. The third-order valence-corrected chi connectivity index (χ3v) is 5.69. The lowest BCUT2D eigenvalue weighted by Crippen LogP contribution is -2.30. The van der Waals surface area contributed by atoms with Crippen LogP contribution in [0.2, 0.25) is 5.02 Å². The topological polar surface area (TPSA) is 38.8 Å². The number of rotatable bonds is 2. The van der Waals surface area contributed by atoms with Gasteiger partial charge >= 0.3 is 0 Å². The van der Waals surface area contributed by atoms with E-state index in [2.05, 4.69) is 11.4 Å². The van der Waals surface area contributed by atoms with Gasteiger partial charge in [-0.15, -0.1) is 11.3 Å². The molecule has 6 heteroatoms. The highest BCUT2D eigenvalue weighted by Gasteiger charge is 2.32. The molecule has 1 unspecified atom stereocenters. The molecule has 4 nitrogen and oxygen atoms in total. The Labute approximate surface area is 149 Å². The van der Waals surface area contributed by atoms with Crippen molar-refractivity contribution in [3.63, 3.8) is 0 Å². The number of carbonyl (C=O) groups is 1. The van der Waals surface area contributed by atoms with E-state index in [9.17, 15) is 4.79 Å². The van der Waals surface area contributed by atoms with Gasteiger partial charge in [0, 0.05) is 23.4 Å². The van der Waals surface area contributed by atoms with E-state index in [1.165, 1.54) is 4.88 Å². The summed E-state index contributed by atoms with van der Waals surface area (Å²) in [5, 5.41) is 2.49. The van der Waals surface area contributed by atoms with Gasteiger partial charge < -0.3 is 14.4 Å². The number of carbonyl (C=O) groups excluding carboxylic acids is 1. The first-order chi connectivity index (χ1) is 11.7. The van der Waals surface area contributed by atoms with Gasteiger partial charge in [0.2, 0.25) is 0 Å². The molecule has 0 spiro atoms. The molecule has 2 aliphatic heterocycles. The monoisotopic (exact) mass is 363 g/mol. The van der Waals surface area contributed by atoms with Gasteiger partial charge in [-0.05, 0) is 36.4 Å². The number of likely N-dealkylation sites (tertiary alicyclic amines) is 1. The van der Waals surface area contributed by atoms with Crippen LogP contribution in [-0.2, 0) is 0 Å². The Balaban J connectivity index is 1.64. The van der Waals surface area contributed by atoms with E-state index in [1.54, 1.807) is 23.5 Å². The minimum atomic E-state index is 0.00319. The van der Waals surface area contributed by atoms with Crippen molar-refractivity contribution in [1.82, 2.24) is 4.90 Å². The molecule has 0 bridgehead atoms. The largest absolute Gasteiger partial charge is 0.489 e. The van der Waals surface area contributed by atoms with E-state index >= 15 is 0 Å². The molecular weight excluding hydrogens is 346 g/mol. The van der Waals surface area contributed by atoms with Gasteiger partial charge in [-0.3, -0.25) is 4.79 Å². The molecule has 1 aromatic carbocycles. The number of ether oxygens (including phenoxy) is 2. The van der Waals surface area contributed by atoms with Crippen LogP contribution < -0.4 is 9.47 Å². The van der Waals surface area contributed by atoms with Crippen molar-refractivity contribution in [2.24, 2.45) is 0 Å². The number of thiophene rings is 1. The lowest BCUT2D eigenvalue weighted by atomic mass is 10.1. The van der Waals surface area contributed by atoms with Gasteiger partial charge in [-0.1, -0.05) is 17.7 Å². The molecule has 24 heavy (non-hydrogen) atoms. The molecule has 2 aliphatic rings. The van der Waals surface area contributed by atoms with Crippen molar-refractivity contribution in [3.05, 3.63) is 45.1 Å². The fourth-order valence-corrected chi connectivity index (χ4v) is 4.45. The van der Waals surface area contributed by atoms with E-state index in [0.717, 1.165) is 25.8 Å². The second-order valence-corrected chi connectivity index (χ2v) is 7.39. The molecule has 1 saturated heterocycles. The van der Waals surface area contributed by atoms with Gasteiger partial charge in [-0.25, -0.2) is 0 Å². The van der Waals surface area contributed by atoms with Crippen LogP contribution in [0, 0.1) is 0 Å². The minimum Gasteiger partial charge on any atom is -0.489 e. The Morgan fingerprint density at radius 3 is 2.96 bits per heavy atom. The van der Waals surface area contributed by atoms with Gasteiger partial charge in [0.1, 0.15) is 0 Å². The highest BCUT2D eigenvalue weighted by molar-refractivity contribution is 7.10. The molecule has 1 amide bonds. The molecule has 1 fully saturated rings. The fraction of sp³-hybridized carbons (Fsp3) is 0.389. The minimum absolute atomic E-state index is 0.00319. The second kappa shape index (κ2) is 6.65.